The summed E-state index contributed by atoms with van der Waals surface area (Å²) >= 11 is 1.69. The molecule has 0 N–H and O–H groups in total. The normalized spacial score (nSPS) is 16.6. The Bertz CT molecular complexity index is 1170. The van der Waals surface area contributed by atoms with Crippen molar-refractivity contribution >= 4 is 21.6 Å². The predicted octanol–water partition coefficient (Wildman–Crippen LogP) is 3.82. The van der Waals surface area contributed by atoms with Crippen LogP contribution in [0.5, 0.6) is 0 Å². The molecule has 4 aromatic rings. The van der Waals surface area contributed by atoms with Crippen LogP contribution in [-0.2, 0) is 19.4 Å². The van der Waals surface area contributed by atoms with Crippen molar-refractivity contribution in [1.29, 1.82) is 0 Å². The average Bonchev–Trinajstić information content (AvgIpc) is 3.29. The molecule has 0 aliphatic heterocycles. The summed E-state index contributed by atoms with van der Waals surface area (Å²) in [5, 5.41) is 5.44. The molecule has 3 aromatic heterocycles. The fraction of sp³-hybridized carbons (Fsp3) is 0.286. The predicted molar refractivity (Wildman–Crippen MR) is 108 cm³/mol. The number of rotatable bonds is 3. The van der Waals surface area contributed by atoms with E-state index in [-0.39, 0.29) is 5.56 Å². The Balaban J connectivity index is 1.50. The summed E-state index contributed by atoms with van der Waals surface area (Å²) in [4.78, 5) is 19.9. The highest BCUT2D eigenvalue weighted by molar-refractivity contribution is 7.18. The van der Waals surface area contributed by atoms with Crippen LogP contribution in [0, 0.1) is 5.92 Å². The lowest BCUT2D eigenvalue weighted by Gasteiger charge is -2.17. The molecule has 1 aliphatic carbocycles. The quantitative estimate of drug-likeness (QED) is 0.546. The van der Waals surface area contributed by atoms with E-state index in [1.165, 1.54) is 10.4 Å². The Labute approximate surface area is 160 Å². The van der Waals surface area contributed by atoms with Gasteiger partial charge in [0.15, 0.2) is 0 Å². The molecule has 136 valence electrons. The van der Waals surface area contributed by atoms with Crippen LogP contribution in [0.25, 0.3) is 15.9 Å². The summed E-state index contributed by atoms with van der Waals surface area (Å²) in [6, 6.07) is 11.9. The lowest BCUT2D eigenvalue weighted by molar-refractivity contribution is 0.509. The first kappa shape index (κ1) is 16.4. The van der Waals surface area contributed by atoms with Crippen LogP contribution in [-0.4, -0.2) is 19.3 Å². The van der Waals surface area contributed by atoms with E-state index in [1.807, 2.05) is 47.3 Å². The van der Waals surface area contributed by atoms with E-state index in [1.54, 1.807) is 22.2 Å². The van der Waals surface area contributed by atoms with Gasteiger partial charge in [0.2, 0.25) is 0 Å². The Morgan fingerprint density at radius 3 is 2.93 bits per heavy atom. The van der Waals surface area contributed by atoms with E-state index in [2.05, 4.69) is 17.0 Å². The topological polar surface area (TPSA) is 52.7 Å². The molecule has 0 amide bonds. The standard InChI is InChI=1S/C21H20N4OS/c1-14-7-8-17-18(11-14)27-20-19(17)21(26)24(13-22-20)12-15-9-10-25(23-15)16-5-3-2-4-6-16/h2-6,9-10,13-14H,7-8,11-12H2,1H3. The van der Waals surface area contributed by atoms with Gasteiger partial charge < -0.3 is 0 Å². The van der Waals surface area contributed by atoms with E-state index in [0.717, 1.165) is 40.9 Å². The van der Waals surface area contributed by atoms with E-state index >= 15 is 0 Å². The second-order valence-electron chi connectivity index (χ2n) is 7.30. The van der Waals surface area contributed by atoms with E-state index in [4.69, 9.17) is 0 Å². The first-order valence-corrected chi connectivity index (χ1v) is 10.1. The summed E-state index contributed by atoms with van der Waals surface area (Å²) in [5.41, 5.74) is 3.14. The fourth-order valence-corrected chi connectivity index (χ4v) is 5.16. The van der Waals surface area contributed by atoms with Crippen LogP contribution < -0.4 is 5.56 Å². The van der Waals surface area contributed by atoms with Gasteiger partial charge in [-0.2, -0.15) is 5.10 Å². The van der Waals surface area contributed by atoms with Gasteiger partial charge >= 0.3 is 0 Å². The van der Waals surface area contributed by atoms with Crippen molar-refractivity contribution in [2.24, 2.45) is 5.92 Å². The molecule has 27 heavy (non-hydrogen) atoms. The van der Waals surface area contributed by atoms with Gasteiger partial charge in [-0.3, -0.25) is 9.36 Å². The molecule has 5 rings (SSSR count). The number of para-hydroxylation sites is 1. The smallest absolute Gasteiger partial charge is 0.262 e. The van der Waals surface area contributed by atoms with Gasteiger partial charge in [0.1, 0.15) is 4.83 Å². The minimum Gasteiger partial charge on any atom is -0.293 e. The number of hydrogen-bond donors (Lipinski definition) is 0. The first-order valence-electron chi connectivity index (χ1n) is 9.28. The van der Waals surface area contributed by atoms with Gasteiger partial charge in [-0.05, 0) is 48.9 Å². The number of nitrogens with zero attached hydrogens (tertiary/aromatic N) is 4. The number of thiophene rings is 1. The molecular formula is C21H20N4OS. The number of hydrogen-bond acceptors (Lipinski definition) is 4. The van der Waals surface area contributed by atoms with Crippen LogP contribution in [0.2, 0.25) is 0 Å². The zero-order valence-corrected chi connectivity index (χ0v) is 15.9. The Kier molecular flexibility index (Phi) is 3.93. The molecule has 0 saturated heterocycles. The summed E-state index contributed by atoms with van der Waals surface area (Å²) in [5.74, 6) is 0.690. The third kappa shape index (κ3) is 2.90. The third-order valence-corrected chi connectivity index (χ3v) is 6.44. The van der Waals surface area contributed by atoms with Crippen molar-refractivity contribution in [3.63, 3.8) is 0 Å². The molecule has 0 bridgehead atoms. The van der Waals surface area contributed by atoms with E-state index in [9.17, 15) is 4.79 Å². The molecule has 5 nitrogen and oxygen atoms in total. The molecule has 1 aromatic carbocycles. The van der Waals surface area contributed by atoms with Gasteiger partial charge in [-0.25, -0.2) is 9.67 Å². The number of aryl methyl sites for hydroxylation is 1. The average molecular weight is 376 g/mol. The van der Waals surface area contributed by atoms with Gasteiger partial charge in [0, 0.05) is 11.1 Å². The van der Waals surface area contributed by atoms with E-state index in [0.29, 0.717) is 12.5 Å². The summed E-state index contributed by atoms with van der Waals surface area (Å²) in [6.07, 6.45) is 6.79. The zero-order valence-electron chi connectivity index (χ0n) is 15.1. The van der Waals surface area contributed by atoms with Gasteiger partial charge in [0.25, 0.3) is 5.56 Å². The van der Waals surface area contributed by atoms with Crippen LogP contribution in [0.4, 0.5) is 0 Å². The summed E-state index contributed by atoms with van der Waals surface area (Å²) in [6.45, 7) is 2.71. The zero-order chi connectivity index (χ0) is 18.4. The van der Waals surface area contributed by atoms with Crippen molar-refractivity contribution in [2.45, 2.75) is 32.7 Å². The third-order valence-electron chi connectivity index (χ3n) is 5.28. The second kappa shape index (κ2) is 6.46. The molecular weight excluding hydrogens is 356 g/mol. The monoisotopic (exact) mass is 376 g/mol. The largest absolute Gasteiger partial charge is 0.293 e. The molecule has 3 heterocycles. The number of fused-ring (bicyclic) bond motifs is 3. The second-order valence-corrected chi connectivity index (χ2v) is 8.38. The summed E-state index contributed by atoms with van der Waals surface area (Å²) < 4.78 is 3.52. The maximum Gasteiger partial charge on any atom is 0.262 e. The molecule has 0 saturated carbocycles. The molecule has 0 spiro atoms. The van der Waals surface area contributed by atoms with Crippen molar-refractivity contribution in [1.82, 2.24) is 19.3 Å². The minimum absolute atomic E-state index is 0.0568. The Morgan fingerprint density at radius 2 is 2.07 bits per heavy atom. The maximum atomic E-state index is 13.1. The van der Waals surface area contributed by atoms with Gasteiger partial charge in [0.05, 0.1) is 29.6 Å². The first-order chi connectivity index (χ1) is 13.2. The van der Waals surface area contributed by atoms with Crippen molar-refractivity contribution < 1.29 is 0 Å². The minimum atomic E-state index is 0.0568. The number of benzene rings is 1. The van der Waals surface area contributed by atoms with Gasteiger partial charge in [-0.1, -0.05) is 25.1 Å². The molecule has 0 radical (unpaired) electrons. The molecule has 1 aliphatic rings. The van der Waals surface area contributed by atoms with Gasteiger partial charge in [-0.15, -0.1) is 11.3 Å². The lowest BCUT2D eigenvalue weighted by Crippen LogP contribution is -2.22. The molecule has 6 heteroatoms. The van der Waals surface area contributed by atoms with Crippen LogP contribution in [0.1, 0.15) is 29.5 Å². The summed E-state index contributed by atoms with van der Waals surface area (Å²) in [7, 11) is 0. The van der Waals surface area contributed by atoms with Crippen LogP contribution in [0.15, 0.2) is 53.7 Å². The Hall–Kier alpha value is -2.73. The van der Waals surface area contributed by atoms with Crippen molar-refractivity contribution in [2.75, 3.05) is 0 Å². The van der Waals surface area contributed by atoms with Crippen molar-refractivity contribution in [3.8, 4) is 5.69 Å². The fourth-order valence-electron chi connectivity index (χ4n) is 3.82. The van der Waals surface area contributed by atoms with Crippen molar-refractivity contribution in [3.05, 3.63) is 75.4 Å². The van der Waals surface area contributed by atoms with Crippen LogP contribution >= 0.6 is 11.3 Å². The SMILES string of the molecule is CC1CCc2c(sc3ncn(Cc4ccn(-c5ccccc5)n4)c(=O)c23)C1. The molecule has 1 unspecified atom stereocenters. The lowest BCUT2D eigenvalue weighted by atomic mass is 9.89. The van der Waals surface area contributed by atoms with E-state index < -0.39 is 0 Å². The molecule has 1 atom stereocenters. The number of aromatic nitrogens is 4. The molecule has 0 fully saturated rings. The highest BCUT2D eigenvalue weighted by atomic mass is 32.1. The Morgan fingerprint density at radius 1 is 1.22 bits per heavy atom. The maximum absolute atomic E-state index is 13.1. The highest BCUT2D eigenvalue weighted by Crippen LogP contribution is 2.35. The highest BCUT2D eigenvalue weighted by Gasteiger charge is 2.23. The van der Waals surface area contributed by atoms with Crippen LogP contribution in [0.3, 0.4) is 0 Å².